The van der Waals surface area contributed by atoms with Crippen molar-refractivity contribution in [2.24, 2.45) is 0 Å². The quantitative estimate of drug-likeness (QED) is 0.862. The lowest BCUT2D eigenvalue weighted by Gasteiger charge is -2.15. The number of carbonyl (C=O) groups excluding carboxylic acids is 1. The Balaban J connectivity index is 1.84. The lowest BCUT2D eigenvalue weighted by molar-refractivity contribution is -0.128. The van der Waals surface area contributed by atoms with E-state index in [2.05, 4.69) is 26.2 Å². The summed E-state index contributed by atoms with van der Waals surface area (Å²) in [5.41, 5.74) is 0. The first kappa shape index (κ1) is 11.4. The van der Waals surface area contributed by atoms with Crippen LogP contribution < -0.4 is 5.32 Å². The van der Waals surface area contributed by atoms with Gasteiger partial charge in [-0.2, -0.15) is 0 Å². The molecular weight excluding hydrogens is 270 g/mol. The first-order valence-corrected chi connectivity index (χ1v) is 6.19. The molecule has 0 radical (unpaired) electrons. The van der Waals surface area contributed by atoms with Crippen LogP contribution in [0.2, 0.25) is 0 Å². The van der Waals surface area contributed by atoms with Crippen LogP contribution in [0, 0.1) is 0 Å². The van der Waals surface area contributed by atoms with E-state index in [4.69, 9.17) is 0 Å². The van der Waals surface area contributed by atoms with Crippen molar-refractivity contribution in [3.63, 3.8) is 0 Å². The molecule has 0 aliphatic carbocycles. The number of aromatic nitrogens is 1. The number of halogens is 1. The van der Waals surface area contributed by atoms with Gasteiger partial charge >= 0.3 is 0 Å². The van der Waals surface area contributed by atoms with Crippen LogP contribution in [0.5, 0.6) is 0 Å². The second kappa shape index (κ2) is 5.30. The molecule has 1 saturated heterocycles. The molecule has 0 saturated carbocycles. The number of nitrogens with zero attached hydrogens (tertiary/aromatic N) is 2. The largest absolute Gasteiger partial charge is 0.361 e. The molecule has 0 aromatic carbocycles. The Hall–Kier alpha value is -1.10. The molecule has 1 N–H and O–H groups in total. The van der Waals surface area contributed by atoms with Gasteiger partial charge in [0.1, 0.15) is 10.4 Å². The monoisotopic (exact) mass is 283 g/mol. The van der Waals surface area contributed by atoms with Gasteiger partial charge in [-0.25, -0.2) is 4.98 Å². The van der Waals surface area contributed by atoms with E-state index in [1.54, 1.807) is 0 Å². The van der Waals surface area contributed by atoms with Crippen molar-refractivity contribution in [1.82, 2.24) is 9.88 Å². The zero-order chi connectivity index (χ0) is 11.4. The molecule has 1 aromatic rings. The summed E-state index contributed by atoms with van der Waals surface area (Å²) in [4.78, 5) is 17.8. The number of pyridine rings is 1. The summed E-state index contributed by atoms with van der Waals surface area (Å²) < 4.78 is 0.770. The fourth-order valence-electron chi connectivity index (χ4n) is 1.75. The van der Waals surface area contributed by atoms with Crippen molar-refractivity contribution in [3.8, 4) is 0 Å². The summed E-state index contributed by atoms with van der Waals surface area (Å²) in [5.74, 6) is 0.876. The zero-order valence-corrected chi connectivity index (χ0v) is 10.5. The fraction of sp³-hybridized carbons (Fsp3) is 0.455. The molecule has 5 heteroatoms. The number of hydrogen-bond donors (Lipinski definition) is 1. The molecular formula is C11H14BrN3O. The molecule has 4 nitrogen and oxygen atoms in total. The van der Waals surface area contributed by atoms with Gasteiger partial charge in [-0.05, 0) is 40.9 Å². The Morgan fingerprint density at radius 1 is 1.44 bits per heavy atom. The second-order valence-electron chi connectivity index (χ2n) is 3.79. The molecule has 2 heterocycles. The highest BCUT2D eigenvalue weighted by atomic mass is 79.9. The fourth-order valence-corrected chi connectivity index (χ4v) is 2.09. The predicted molar refractivity (Wildman–Crippen MR) is 66.2 cm³/mol. The van der Waals surface area contributed by atoms with Crippen molar-refractivity contribution in [1.29, 1.82) is 0 Å². The van der Waals surface area contributed by atoms with Gasteiger partial charge in [0.15, 0.2) is 0 Å². The highest BCUT2D eigenvalue weighted by Gasteiger charge is 2.17. The van der Waals surface area contributed by atoms with Crippen LogP contribution >= 0.6 is 15.9 Å². The maximum atomic E-state index is 11.7. The third-order valence-electron chi connectivity index (χ3n) is 2.59. The normalized spacial score (nSPS) is 15.2. The molecule has 1 amide bonds. The maximum Gasteiger partial charge on any atom is 0.241 e. The summed E-state index contributed by atoms with van der Waals surface area (Å²) in [5, 5.41) is 3.03. The van der Waals surface area contributed by atoms with Crippen molar-refractivity contribution in [2.75, 3.05) is 25.0 Å². The summed E-state index contributed by atoms with van der Waals surface area (Å²) in [6, 6.07) is 5.59. The van der Waals surface area contributed by atoms with E-state index in [-0.39, 0.29) is 5.91 Å². The highest BCUT2D eigenvalue weighted by Crippen LogP contribution is 2.11. The van der Waals surface area contributed by atoms with E-state index in [0.717, 1.165) is 36.4 Å². The Morgan fingerprint density at radius 3 is 2.88 bits per heavy atom. The molecule has 1 aliphatic heterocycles. The maximum absolute atomic E-state index is 11.7. The zero-order valence-electron chi connectivity index (χ0n) is 8.95. The lowest BCUT2D eigenvalue weighted by atomic mass is 10.4. The van der Waals surface area contributed by atoms with E-state index in [0.29, 0.717) is 6.54 Å². The molecule has 16 heavy (non-hydrogen) atoms. The summed E-state index contributed by atoms with van der Waals surface area (Å²) in [6.07, 6.45) is 2.25. The minimum atomic E-state index is 0.152. The third-order valence-corrected chi connectivity index (χ3v) is 3.04. The van der Waals surface area contributed by atoms with E-state index < -0.39 is 0 Å². The molecule has 1 aliphatic rings. The average molecular weight is 284 g/mol. The standard InChI is InChI=1S/C11H14BrN3O/c12-9-4-3-5-10(14-9)13-8-11(16)15-6-1-2-7-15/h3-5H,1-2,6-8H2,(H,13,14). The number of rotatable bonds is 3. The van der Waals surface area contributed by atoms with Crippen molar-refractivity contribution in [2.45, 2.75) is 12.8 Å². The van der Waals surface area contributed by atoms with Crippen molar-refractivity contribution >= 4 is 27.7 Å². The van der Waals surface area contributed by atoms with Crippen molar-refractivity contribution in [3.05, 3.63) is 22.8 Å². The number of amides is 1. The van der Waals surface area contributed by atoms with Crippen LogP contribution in [0.1, 0.15) is 12.8 Å². The summed E-state index contributed by atoms with van der Waals surface area (Å²) >= 11 is 3.29. The summed E-state index contributed by atoms with van der Waals surface area (Å²) in [7, 11) is 0. The van der Waals surface area contributed by atoms with Gasteiger partial charge in [-0.3, -0.25) is 4.79 Å². The molecule has 1 fully saturated rings. The van der Waals surface area contributed by atoms with Crippen molar-refractivity contribution < 1.29 is 4.79 Å². The Morgan fingerprint density at radius 2 is 2.19 bits per heavy atom. The molecule has 0 spiro atoms. The number of likely N-dealkylation sites (tertiary alicyclic amines) is 1. The summed E-state index contributed by atoms with van der Waals surface area (Å²) in [6.45, 7) is 2.11. The first-order valence-electron chi connectivity index (χ1n) is 5.40. The topological polar surface area (TPSA) is 45.2 Å². The van der Waals surface area contributed by atoms with Gasteiger partial charge in [0.25, 0.3) is 0 Å². The Labute approximate surface area is 103 Å². The number of nitrogens with one attached hydrogen (secondary N) is 1. The smallest absolute Gasteiger partial charge is 0.241 e. The van der Waals surface area contributed by atoms with Gasteiger partial charge in [0.05, 0.1) is 6.54 Å². The predicted octanol–water partition coefficient (Wildman–Crippen LogP) is 1.88. The van der Waals surface area contributed by atoms with E-state index in [1.807, 2.05) is 23.1 Å². The van der Waals surface area contributed by atoms with Crippen LogP contribution in [-0.2, 0) is 4.79 Å². The minimum Gasteiger partial charge on any atom is -0.361 e. The van der Waals surface area contributed by atoms with Crippen LogP contribution in [-0.4, -0.2) is 35.4 Å². The Bertz CT molecular complexity index is 377. The van der Waals surface area contributed by atoms with E-state index >= 15 is 0 Å². The van der Waals surface area contributed by atoms with Crippen LogP contribution in [0.3, 0.4) is 0 Å². The van der Waals surface area contributed by atoms with Gasteiger partial charge in [0, 0.05) is 13.1 Å². The molecule has 2 rings (SSSR count). The van der Waals surface area contributed by atoms with Gasteiger partial charge in [-0.1, -0.05) is 6.07 Å². The average Bonchev–Trinajstić information content (AvgIpc) is 2.79. The first-order chi connectivity index (χ1) is 7.75. The van der Waals surface area contributed by atoms with Gasteiger partial charge in [-0.15, -0.1) is 0 Å². The number of anilines is 1. The molecule has 0 atom stereocenters. The molecule has 0 unspecified atom stereocenters. The third kappa shape index (κ3) is 2.95. The van der Waals surface area contributed by atoms with Crippen LogP contribution in [0.25, 0.3) is 0 Å². The SMILES string of the molecule is O=C(CNc1cccc(Br)n1)N1CCCC1. The van der Waals surface area contributed by atoms with Gasteiger partial charge < -0.3 is 10.2 Å². The number of hydrogen-bond acceptors (Lipinski definition) is 3. The molecule has 1 aromatic heterocycles. The second-order valence-corrected chi connectivity index (χ2v) is 4.60. The van der Waals surface area contributed by atoms with Crippen LogP contribution in [0.4, 0.5) is 5.82 Å². The lowest BCUT2D eigenvalue weighted by Crippen LogP contribution is -2.33. The number of carbonyl (C=O) groups is 1. The van der Waals surface area contributed by atoms with Gasteiger partial charge in [0.2, 0.25) is 5.91 Å². The van der Waals surface area contributed by atoms with Crippen LogP contribution in [0.15, 0.2) is 22.8 Å². The van der Waals surface area contributed by atoms with E-state index in [9.17, 15) is 4.79 Å². The minimum absolute atomic E-state index is 0.152. The Kier molecular flexibility index (Phi) is 3.77. The molecule has 86 valence electrons. The molecule has 0 bridgehead atoms. The highest BCUT2D eigenvalue weighted by molar-refractivity contribution is 9.10. The van der Waals surface area contributed by atoms with E-state index in [1.165, 1.54) is 0 Å².